The van der Waals surface area contributed by atoms with Crippen molar-refractivity contribution in [3.63, 3.8) is 0 Å². The Kier molecular flexibility index (Phi) is 6.32. The molecule has 2 N–H and O–H groups in total. The van der Waals surface area contributed by atoms with Crippen molar-refractivity contribution in [3.05, 3.63) is 65.2 Å². The third kappa shape index (κ3) is 5.24. The van der Waals surface area contributed by atoms with E-state index in [0.29, 0.717) is 18.2 Å². The van der Waals surface area contributed by atoms with Gasteiger partial charge in [0.05, 0.1) is 11.6 Å². The molecule has 0 amide bonds. The molecule has 1 saturated heterocycles. The minimum Gasteiger partial charge on any atom is -0.369 e. The molecule has 0 radical (unpaired) electrons. The van der Waals surface area contributed by atoms with E-state index in [1.54, 1.807) is 7.05 Å². The summed E-state index contributed by atoms with van der Waals surface area (Å²) in [5.74, 6) is 0.815. The van der Waals surface area contributed by atoms with Gasteiger partial charge in [-0.05, 0) is 49.6 Å². The molecule has 2 aromatic carbocycles. The zero-order valence-electron chi connectivity index (χ0n) is 16.1. The summed E-state index contributed by atoms with van der Waals surface area (Å²) in [6.07, 6.45) is 2.30. The van der Waals surface area contributed by atoms with E-state index in [4.69, 9.17) is 5.26 Å². The van der Waals surface area contributed by atoms with Gasteiger partial charge in [0, 0.05) is 38.4 Å². The molecule has 140 valence electrons. The highest BCUT2D eigenvalue weighted by atomic mass is 15.2. The van der Waals surface area contributed by atoms with Crippen LogP contribution in [0.1, 0.15) is 29.5 Å². The van der Waals surface area contributed by atoms with Crippen molar-refractivity contribution in [3.8, 4) is 6.07 Å². The van der Waals surface area contributed by atoms with E-state index in [-0.39, 0.29) is 0 Å². The molecule has 2 aromatic rings. The SMILES string of the molecule is CN=C(NCc1ccc(C#N)cc1)NC1CCCN(c2ccc(C)cc2)C1. The lowest BCUT2D eigenvalue weighted by molar-refractivity contribution is 0.468. The van der Waals surface area contributed by atoms with Crippen LogP contribution in [0.2, 0.25) is 0 Å². The lowest BCUT2D eigenvalue weighted by Crippen LogP contribution is -2.51. The molecule has 27 heavy (non-hydrogen) atoms. The number of aryl methyl sites for hydroxylation is 1. The molecule has 1 aliphatic rings. The van der Waals surface area contributed by atoms with Crippen LogP contribution in [-0.4, -0.2) is 32.1 Å². The number of nitrogens with zero attached hydrogens (tertiary/aromatic N) is 3. The first-order valence-electron chi connectivity index (χ1n) is 9.46. The molecule has 1 atom stereocenters. The highest BCUT2D eigenvalue weighted by Crippen LogP contribution is 2.20. The van der Waals surface area contributed by atoms with E-state index in [0.717, 1.165) is 37.5 Å². The molecular weight excluding hydrogens is 334 g/mol. The Bertz CT molecular complexity index is 802. The number of aliphatic imine (C=N–C) groups is 1. The zero-order valence-corrected chi connectivity index (χ0v) is 16.1. The van der Waals surface area contributed by atoms with E-state index in [1.807, 2.05) is 24.3 Å². The van der Waals surface area contributed by atoms with Gasteiger partial charge in [0.15, 0.2) is 5.96 Å². The standard InChI is InChI=1S/C22H27N5/c1-17-5-11-21(12-6-17)27-13-3-4-20(16-27)26-22(24-2)25-15-19-9-7-18(14-23)8-10-19/h5-12,20H,3-4,13,15-16H2,1-2H3,(H2,24,25,26). The van der Waals surface area contributed by atoms with Gasteiger partial charge < -0.3 is 15.5 Å². The number of hydrogen-bond donors (Lipinski definition) is 2. The van der Waals surface area contributed by atoms with Gasteiger partial charge in [0.1, 0.15) is 0 Å². The quantitative estimate of drug-likeness (QED) is 0.648. The molecule has 5 heteroatoms. The van der Waals surface area contributed by atoms with Crippen LogP contribution < -0.4 is 15.5 Å². The van der Waals surface area contributed by atoms with Crippen molar-refractivity contribution in [2.75, 3.05) is 25.0 Å². The number of rotatable bonds is 4. The second kappa shape index (κ2) is 9.09. The summed E-state index contributed by atoms with van der Waals surface area (Å²) in [7, 11) is 1.80. The molecule has 1 heterocycles. The number of guanidine groups is 1. The van der Waals surface area contributed by atoms with Gasteiger partial charge in [-0.2, -0.15) is 5.26 Å². The van der Waals surface area contributed by atoms with Crippen LogP contribution in [0.25, 0.3) is 0 Å². The van der Waals surface area contributed by atoms with E-state index in [1.165, 1.54) is 11.3 Å². The molecule has 0 saturated carbocycles. The summed E-state index contributed by atoms with van der Waals surface area (Å²) in [5.41, 5.74) is 4.38. The van der Waals surface area contributed by atoms with Crippen LogP contribution in [0.4, 0.5) is 5.69 Å². The smallest absolute Gasteiger partial charge is 0.191 e. The Morgan fingerprint density at radius 2 is 1.93 bits per heavy atom. The van der Waals surface area contributed by atoms with E-state index < -0.39 is 0 Å². The maximum Gasteiger partial charge on any atom is 0.191 e. The fraction of sp³-hybridized carbons (Fsp3) is 0.364. The first kappa shape index (κ1) is 18.8. The summed E-state index contributed by atoms with van der Waals surface area (Å²) in [6, 6.07) is 18.9. The van der Waals surface area contributed by atoms with Crippen molar-refractivity contribution < 1.29 is 0 Å². The van der Waals surface area contributed by atoms with Crippen molar-refractivity contribution >= 4 is 11.6 Å². The van der Waals surface area contributed by atoms with E-state index >= 15 is 0 Å². The van der Waals surface area contributed by atoms with Crippen LogP contribution in [0.3, 0.4) is 0 Å². The second-order valence-electron chi connectivity index (χ2n) is 7.00. The summed E-state index contributed by atoms with van der Waals surface area (Å²) < 4.78 is 0. The Morgan fingerprint density at radius 3 is 2.59 bits per heavy atom. The third-order valence-electron chi connectivity index (χ3n) is 4.93. The first-order valence-corrected chi connectivity index (χ1v) is 9.46. The summed E-state index contributed by atoms with van der Waals surface area (Å²) in [5, 5.41) is 15.8. The average molecular weight is 361 g/mol. The van der Waals surface area contributed by atoms with Crippen molar-refractivity contribution in [1.29, 1.82) is 5.26 Å². The maximum absolute atomic E-state index is 8.89. The molecule has 1 fully saturated rings. The van der Waals surface area contributed by atoms with Gasteiger partial charge in [-0.15, -0.1) is 0 Å². The monoisotopic (exact) mass is 361 g/mol. The number of hydrogen-bond acceptors (Lipinski definition) is 3. The Balaban J connectivity index is 1.54. The van der Waals surface area contributed by atoms with Crippen LogP contribution in [0, 0.1) is 18.3 Å². The first-order chi connectivity index (χ1) is 13.2. The second-order valence-corrected chi connectivity index (χ2v) is 7.00. The third-order valence-corrected chi connectivity index (χ3v) is 4.93. The Morgan fingerprint density at radius 1 is 1.19 bits per heavy atom. The van der Waals surface area contributed by atoms with Gasteiger partial charge in [0.25, 0.3) is 0 Å². The van der Waals surface area contributed by atoms with Gasteiger partial charge in [-0.25, -0.2) is 0 Å². The maximum atomic E-state index is 8.89. The van der Waals surface area contributed by atoms with Crippen LogP contribution in [0.5, 0.6) is 0 Å². The van der Waals surface area contributed by atoms with Gasteiger partial charge in [0.2, 0.25) is 0 Å². The highest BCUT2D eigenvalue weighted by molar-refractivity contribution is 5.80. The number of nitrogens with one attached hydrogen (secondary N) is 2. The van der Waals surface area contributed by atoms with Crippen molar-refractivity contribution in [1.82, 2.24) is 10.6 Å². The summed E-state index contributed by atoms with van der Waals surface area (Å²) in [4.78, 5) is 6.80. The topological polar surface area (TPSA) is 63.5 Å². The molecule has 1 unspecified atom stereocenters. The van der Waals surface area contributed by atoms with Crippen LogP contribution in [0.15, 0.2) is 53.5 Å². The molecule has 0 spiro atoms. The number of piperidine rings is 1. The zero-order chi connectivity index (χ0) is 19.1. The van der Waals surface area contributed by atoms with Gasteiger partial charge in [-0.1, -0.05) is 29.8 Å². The summed E-state index contributed by atoms with van der Waals surface area (Å²) >= 11 is 0. The molecule has 0 aromatic heterocycles. The fourth-order valence-corrected chi connectivity index (χ4v) is 3.36. The Hall–Kier alpha value is -3.00. The molecule has 0 aliphatic carbocycles. The predicted octanol–water partition coefficient (Wildman–Crippen LogP) is 3.20. The van der Waals surface area contributed by atoms with Crippen molar-refractivity contribution in [2.45, 2.75) is 32.4 Å². The highest BCUT2D eigenvalue weighted by Gasteiger charge is 2.20. The normalized spacial score (nSPS) is 17.3. The van der Waals surface area contributed by atoms with E-state index in [2.05, 4.69) is 57.8 Å². The number of benzene rings is 2. The predicted molar refractivity (Wildman–Crippen MR) is 111 cm³/mol. The lowest BCUT2D eigenvalue weighted by atomic mass is 10.0. The molecular formula is C22H27N5. The molecule has 5 nitrogen and oxygen atoms in total. The number of nitriles is 1. The Labute approximate surface area is 161 Å². The molecule has 0 bridgehead atoms. The van der Waals surface area contributed by atoms with Crippen LogP contribution >= 0.6 is 0 Å². The summed E-state index contributed by atoms with van der Waals surface area (Å²) in [6.45, 7) is 4.87. The van der Waals surface area contributed by atoms with Crippen molar-refractivity contribution in [2.24, 2.45) is 4.99 Å². The fourth-order valence-electron chi connectivity index (χ4n) is 3.36. The largest absolute Gasteiger partial charge is 0.369 e. The minimum absolute atomic E-state index is 0.368. The molecule has 1 aliphatic heterocycles. The number of anilines is 1. The van der Waals surface area contributed by atoms with Gasteiger partial charge >= 0.3 is 0 Å². The molecule has 3 rings (SSSR count). The average Bonchev–Trinajstić information content (AvgIpc) is 2.72. The lowest BCUT2D eigenvalue weighted by Gasteiger charge is -2.35. The van der Waals surface area contributed by atoms with Gasteiger partial charge in [-0.3, -0.25) is 4.99 Å². The van der Waals surface area contributed by atoms with E-state index in [9.17, 15) is 0 Å². The minimum atomic E-state index is 0.368. The van der Waals surface area contributed by atoms with Crippen LogP contribution in [-0.2, 0) is 6.54 Å².